The molecule has 0 bridgehead atoms. The largest absolute Gasteiger partial charge is 0.458 e. The van der Waals surface area contributed by atoms with E-state index in [2.05, 4.69) is 363 Å². The summed E-state index contributed by atoms with van der Waals surface area (Å²) < 4.78 is 10.4. The molecule has 14 aromatic carbocycles. The molecule has 21 rings (SSSR count). The molecular formula is C98H75BN2O. The molecule has 486 valence electrons. The molecule has 0 amide bonds. The Hall–Kier alpha value is -11.5. The summed E-state index contributed by atoms with van der Waals surface area (Å²) in [6.07, 6.45) is 0. The molecule has 0 atom stereocenters. The van der Waals surface area contributed by atoms with Crippen molar-refractivity contribution in [1.82, 2.24) is 4.57 Å². The van der Waals surface area contributed by atoms with Crippen LogP contribution < -0.4 is 26.0 Å². The van der Waals surface area contributed by atoms with Gasteiger partial charge in [0.15, 0.2) is 0 Å². The minimum atomic E-state index is -0.607. The van der Waals surface area contributed by atoms with Crippen molar-refractivity contribution in [2.75, 3.05) is 4.90 Å². The van der Waals surface area contributed by atoms with E-state index in [4.69, 9.17) is 4.74 Å². The minimum Gasteiger partial charge on any atom is -0.458 e. The molecule has 3 heterocycles. The van der Waals surface area contributed by atoms with Crippen molar-refractivity contribution in [3.63, 3.8) is 0 Å². The van der Waals surface area contributed by atoms with Crippen LogP contribution in [0.15, 0.2) is 291 Å². The van der Waals surface area contributed by atoms with Crippen molar-refractivity contribution in [3.8, 4) is 83.9 Å². The molecule has 0 N–H and O–H groups in total. The first-order valence-electron chi connectivity index (χ1n) is 36.5. The van der Waals surface area contributed by atoms with Crippen LogP contribution in [0.2, 0.25) is 0 Å². The van der Waals surface area contributed by atoms with Gasteiger partial charge in [-0.1, -0.05) is 317 Å². The summed E-state index contributed by atoms with van der Waals surface area (Å²) in [4.78, 5) is 2.57. The fourth-order valence-electron chi connectivity index (χ4n) is 19.8. The van der Waals surface area contributed by atoms with Crippen LogP contribution in [-0.4, -0.2) is 11.3 Å². The zero-order valence-electron chi connectivity index (χ0n) is 59.1. The topological polar surface area (TPSA) is 17.4 Å². The maximum atomic E-state index is 7.76. The number of anilines is 3. The number of hydrogen-bond acceptors (Lipinski definition) is 2. The monoisotopic (exact) mass is 1310 g/mol. The van der Waals surface area contributed by atoms with Crippen LogP contribution in [0, 0.1) is 0 Å². The van der Waals surface area contributed by atoms with Gasteiger partial charge in [-0.05, 0) is 180 Å². The van der Waals surface area contributed by atoms with E-state index in [1.807, 2.05) is 0 Å². The summed E-state index contributed by atoms with van der Waals surface area (Å²) in [6.45, 7) is 20.8. The SMILES string of the molecule is CC(C)(C)c1ccc(N2c3ccc(C(C)(C)C)cc3B3c4cc(C(C)(C)C)ccc4Oc4cc(-n5c6c(-c7cccc8c7C7(c9ccccc9-c9ccccc97)c7ccccc7-8)cccc6c6cccc(-c7cccc8c7C7(c9ccccc9-c9ccccc97)c7ccccc7-8)c65)cc2c43)cc1. The average Bonchev–Trinajstić information content (AvgIpc) is 1.50. The molecule has 4 aliphatic carbocycles. The first kappa shape index (κ1) is 59.4. The van der Waals surface area contributed by atoms with E-state index in [1.54, 1.807) is 0 Å². The second kappa shape index (κ2) is 20.6. The Balaban J connectivity index is 0.917. The average molecular weight is 1310 g/mol. The van der Waals surface area contributed by atoms with Crippen LogP contribution in [0.25, 0.3) is 94.3 Å². The number of fused-ring (bicyclic) bond motifs is 27. The molecule has 0 fully saturated rings. The van der Waals surface area contributed by atoms with E-state index >= 15 is 0 Å². The van der Waals surface area contributed by atoms with Gasteiger partial charge in [-0.2, -0.15) is 0 Å². The minimum absolute atomic E-state index is 0.0456. The Morgan fingerprint density at radius 1 is 0.284 bits per heavy atom. The molecule has 1 aromatic heterocycles. The van der Waals surface area contributed by atoms with Gasteiger partial charge in [-0.15, -0.1) is 0 Å². The highest BCUT2D eigenvalue weighted by Gasteiger charge is 2.55. The molecule has 2 spiro atoms. The van der Waals surface area contributed by atoms with Crippen LogP contribution in [0.4, 0.5) is 17.1 Å². The lowest BCUT2D eigenvalue weighted by molar-refractivity contribution is 0.486. The van der Waals surface area contributed by atoms with Gasteiger partial charge >= 0.3 is 0 Å². The second-order valence-electron chi connectivity index (χ2n) is 32.5. The van der Waals surface area contributed by atoms with Gasteiger partial charge in [0.05, 0.1) is 27.6 Å². The van der Waals surface area contributed by atoms with E-state index in [0.717, 1.165) is 39.6 Å². The number of aromatic nitrogens is 1. The zero-order valence-corrected chi connectivity index (χ0v) is 59.1. The van der Waals surface area contributed by atoms with Crippen LogP contribution in [0.3, 0.4) is 0 Å². The lowest BCUT2D eigenvalue weighted by Crippen LogP contribution is -2.60. The highest BCUT2D eigenvalue weighted by atomic mass is 16.5. The Kier molecular flexibility index (Phi) is 12.0. The summed E-state index contributed by atoms with van der Waals surface area (Å²) >= 11 is 0. The van der Waals surface area contributed by atoms with E-state index in [-0.39, 0.29) is 23.0 Å². The summed E-state index contributed by atoms with van der Waals surface area (Å²) in [5.41, 5.74) is 38.3. The van der Waals surface area contributed by atoms with Crippen molar-refractivity contribution >= 4 is 62.0 Å². The zero-order chi connectivity index (χ0) is 68.7. The maximum absolute atomic E-state index is 7.76. The lowest BCUT2D eigenvalue weighted by Gasteiger charge is -2.41. The Morgan fingerprint density at radius 3 is 1.07 bits per heavy atom. The Bertz CT molecular complexity index is 5820. The number of para-hydroxylation sites is 2. The molecule has 15 aromatic rings. The maximum Gasteiger partial charge on any atom is 0.256 e. The number of hydrogen-bond donors (Lipinski definition) is 0. The third-order valence-electron chi connectivity index (χ3n) is 24.2. The van der Waals surface area contributed by atoms with Crippen molar-refractivity contribution in [3.05, 3.63) is 352 Å². The molecule has 0 saturated heterocycles. The Morgan fingerprint density at radius 2 is 0.637 bits per heavy atom. The normalized spacial score (nSPS) is 14.7. The lowest BCUT2D eigenvalue weighted by atomic mass is 9.33. The number of benzene rings is 14. The van der Waals surface area contributed by atoms with E-state index in [1.165, 1.54) is 161 Å². The van der Waals surface area contributed by atoms with Crippen LogP contribution in [0.1, 0.15) is 124 Å². The van der Waals surface area contributed by atoms with Crippen LogP contribution in [-0.2, 0) is 27.1 Å². The van der Waals surface area contributed by atoms with Crippen molar-refractivity contribution in [2.45, 2.75) is 89.4 Å². The highest BCUT2D eigenvalue weighted by Crippen LogP contribution is 2.67. The smallest absolute Gasteiger partial charge is 0.256 e. The molecule has 2 aliphatic heterocycles. The third-order valence-corrected chi connectivity index (χ3v) is 24.2. The fourth-order valence-corrected chi connectivity index (χ4v) is 19.8. The molecule has 0 radical (unpaired) electrons. The number of ether oxygens (including phenoxy) is 1. The molecule has 0 saturated carbocycles. The quantitative estimate of drug-likeness (QED) is 0.163. The molecular weight excluding hydrogens is 1230 g/mol. The van der Waals surface area contributed by atoms with Gasteiger partial charge in [0.2, 0.25) is 0 Å². The number of rotatable bonds is 4. The van der Waals surface area contributed by atoms with Crippen molar-refractivity contribution < 1.29 is 4.74 Å². The van der Waals surface area contributed by atoms with Gasteiger partial charge in [-0.3, -0.25) is 0 Å². The second-order valence-corrected chi connectivity index (χ2v) is 32.5. The third kappa shape index (κ3) is 7.72. The molecule has 102 heavy (non-hydrogen) atoms. The summed E-state index contributed by atoms with van der Waals surface area (Å²) in [6, 6.07) is 113. The first-order chi connectivity index (χ1) is 49.5. The highest BCUT2D eigenvalue weighted by molar-refractivity contribution is 6.99. The van der Waals surface area contributed by atoms with Crippen molar-refractivity contribution in [1.29, 1.82) is 0 Å². The summed E-state index contributed by atoms with van der Waals surface area (Å²) in [7, 11) is 0. The standard InChI is InChI=1S/C98H75BN2O/c1-94(2,3)58-46-50-61(51-47-58)100-85-52-48-59(95(4,5)6)54-83(85)99-84-55-60(96(7,8)9)49-53-87(84)102-88-57-62(56-86(100)91(88)99)101-92-73(71-34-22-32-69-67-30-14-20-44-81(67)97(89(69)71)77-40-16-10-26-63(77)64-27-11-17-41-78(64)97)36-24-38-75(92)76-39-25-37-74(93(76)101)72-35-23-33-70-68-31-15-21-45-82(68)98(90(70)72)79-42-18-12-28-65(79)66-29-13-19-43-80(66)98/h10-57H,1-9H3. The molecule has 6 aliphatic rings. The predicted octanol–water partition coefficient (Wildman–Crippen LogP) is 23.1. The van der Waals surface area contributed by atoms with Crippen LogP contribution in [0.5, 0.6) is 11.5 Å². The first-order valence-corrected chi connectivity index (χ1v) is 36.5. The molecule has 3 nitrogen and oxygen atoms in total. The van der Waals surface area contributed by atoms with Crippen LogP contribution >= 0.6 is 0 Å². The summed E-state index contributed by atoms with van der Waals surface area (Å²) in [5.74, 6) is 1.76. The van der Waals surface area contributed by atoms with Gasteiger partial charge in [0.1, 0.15) is 11.5 Å². The van der Waals surface area contributed by atoms with Gasteiger partial charge in [0, 0.05) is 45.0 Å². The predicted molar refractivity (Wildman–Crippen MR) is 426 cm³/mol. The Labute approximate surface area is 598 Å². The fraction of sp³-hybridized carbons (Fsp3) is 0.143. The molecule has 4 heteroatoms. The molecule has 0 unspecified atom stereocenters. The van der Waals surface area contributed by atoms with E-state index in [0.29, 0.717) is 0 Å². The van der Waals surface area contributed by atoms with Gasteiger partial charge < -0.3 is 14.2 Å². The van der Waals surface area contributed by atoms with Gasteiger partial charge in [-0.25, -0.2) is 0 Å². The van der Waals surface area contributed by atoms with E-state index in [9.17, 15) is 0 Å². The summed E-state index contributed by atoms with van der Waals surface area (Å²) in [5, 5.41) is 2.36. The number of nitrogens with zero attached hydrogens (tertiary/aromatic N) is 2. The van der Waals surface area contributed by atoms with E-state index < -0.39 is 10.8 Å². The van der Waals surface area contributed by atoms with Crippen molar-refractivity contribution in [2.24, 2.45) is 0 Å². The van der Waals surface area contributed by atoms with Gasteiger partial charge in [0.25, 0.3) is 6.71 Å².